The summed E-state index contributed by atoms with van der Waals surface area (Å²) in [6.07, 6.45) is 4.53. The van der Waals surface area contributed by atoms with E-state index in [1.54, 1.807) is 48.6 Å². The van der Waals surface area contributed by atoms with Crippen molar-refractivity contribution in [3.63, 3.8) is 0 Å². The van der Waals surface area contributed by atoms with Crippen LogP contribution in [0.2, 0.25) is 5.02 Å². The fourth-order valence-corrected chi connectivity index (χ4v) is 2.16. The SMILES string of the molecule is C=CCOc1ccc(/C=C/C(=O)OCC(=O)NCc2ccc(Cl)cc2)cc1. The normalized spacial score (nSPS) is 10.4. The zero-order chi connectivity index (χ0) is 19.5. The fraction of sp³-hybridized carbons (Fsp3) is 0.143. The monoisotopic (exact) mass is 385 g/mol. The summed E-state index contributed by atoms with van der Waals surface area (Å²) in [5.41, 5.74) is 1.71. The van der Waals surface area contributed by atoms with Crippen LogP contribution in [0.1, 0.15) is 11.1 Å². The Hall–Kier alpha value is -3.05. The van der Waals surface area contributed by atoms with Crippen LogP contribution in [0, 0.1) is 0 Å². The van der Waals surface area contributed by atoms with Crippen LogP contribution in [0.15, 0.2) is 67.3 Å². The zero-order valence-electron chi connectivity index (χ0n) is 14.7. The Labute approximate surface area is 163 Å². The minimum atomic E-state index is -0.594. The van der Waals surface area contributed by atoms with Gasteiger partial charge in [0.15, 0.2) is 6.61 Å². The molecule has 0 atom stereocenters. The standard InChI is InChI=1S/C21H20ClNO4/c1-2-13-26-19-10-5-16(6-11-19)7-12-21(25)27-15-20(24)23-14-17-3-8-18(22)9-4-17/h2-12H,1,13-15H2,(H,23,24)/b12-7+. The van der Waals surface area contributed by atoms with Gasteiger partial charge in [-0.05, 0) is 41.5 Å². The first kappa shape index (κ1) is 20.3. The number of hydrogen-bond donors (Lipinski definition) is 1. The van der Waals surface area contributed by atoms with E-state index in [1.807, 2.05) is 12.1 Å². The van der Waals surface area contributed by atoms with Gasteiger partial charge in [-0.3, -0.25) is 4.79 Å². The van der Waals surface area contributed by atoms with Gasteiger partial charge in [0.2, 0.25) is 0 Å². The maximum absolute atomic E-state index is 11.7. The Bertz CT molecular complexity index is 798. The third-order valence-electron chi connectivity index (χ3n) is 3.41. The summed E-state index contributed by atoms with van der Waals surface area (Å²) in [5, 5.41) is 3.30. The predicted molar refractivity (Wildman–Crippen MR) is 105 cm³/mol. The lowest BCUT2D eigenvalue weighted by Gasteiger charge is -2.06. The van der Waals surface area contributed by atoms with Crippen molar-refractivity contribution in [2.45, 2.75) is 6.54 Å². The van der Waals surface area contributed by atoms with Crippen LogP contribution < -0.4 is 10.1 Å². The van der Waals surface area contributed by atoms with Crippen LogP contribution in [-0.4, -0.2) is 25.1 Å². The molecule has 2 rings (SSSR count). The molecule has 0 radical (unpaired) electrons. The van der Waals surface area contributed by atoms with Gasteiger partial charge in [-0.1, -0.05) is 48.5 Å². The highest BCUT2D eigenvalue weighted by atomic mass is 35.5. The van der Waals surface area contributed by atoms with Gasteiger partial charge in [0.05, 0.1) is 0 Å². The van der Waals surface area contributed by atoms with Crippen LogP contribution in [-0.2, 0) is 20.9 Å². The van der Waals surface area contributed by atoms with Crippen LogP contribution in [0.25, 0.3) is 6.08 Å². The van der Waals surface area contributed by atoms with Gasteiger partial charge in [0, 0.05) is 17.6 Å². The highest BCUT2D eigenvalue weighted by molar-refractivity contribution is 6.30. The van der Waals surface area contributed by atoms with Crippen LogP contribution in [0.4, 0.5) is 0 Å². The van der Waals surface area contributed by atoms with Crippen molar-refractivity contribution in [1.29, 1.82) is 0 Å². The van der Waals surface area contributed by atoms with Gasteiger partial charge >= 0.3 is 5.97 Å². The molecule has 6 heteroatoms. The van der Waals surface area contributed by atoms with Crippen molar-refractivity contribution >= 4 is 29.6 Å². The summed E-state index contributed by atoms with van der Waals surface area (Å²) < 4.78 is 10.3. The molecule has 0 fully saturated rings. The van der Waals surface area contributed by atoms with E-state index >= 15 is 0 Å². The Kier molecular flexibility index (Phi) is 8.13. The predicted octanol–water partition coefficient (Wildman–Crippen LogP) is 3.78. The molecule has 0 aliphatic rings. The van der Waals surface area contributed by atoms with E-state index in [0.717, 1.165) is 11.1 Å². The highest BCUT2D eigenvalue weighted by Crippen LogP contribution is 2.13. The van der Waals surface area contributed by atoms with Gasteiger partial charge < -0.3 is 14.8 Å². The van der Waals surface area contributed by atoms with Crippen molar-refractivity contribution in [3.05, 3.63) is 83.4 Å². The molecule has 0 heterocycles. The molecular weight excluding hydrogens is 366 g/mol. The molecule has 0 bridgehead atoms. The number of benzene rings is 2. The van der Waals surface area contributed by atoms with E-state index in [2.05, 4.69) is 11.9 Å². The molecule has 140 valence electrons. The maximum Gasteiger partial charge on any atom is 0.331 e. The van der Waals surface area contributed by atoms with E-state index in [4.69, 9.17) is 21.1 Å². The molecule has 0 saturated heterocycles. The summed E-state index contributed by atoms with van der Waals surface area (Å²) >= 11 is 5.80. The van der Waals surface area contributed by atoms with Gasteiger partial charge in [0.1, 0.15) is 12.4 Å². The lowest BCUT2D eigenvalue weighted by atomic mass is 10.2. The molecule has 0 saturated carbocycles. The molecule has 0 aliphatic heterocycles. The van der Waals surface area contributed by atoms with Crippen LogP contribution in [0.5, 0.6) is 5.75 Å². The second kappa shape index (κ2) is 10.8. The second-order valence-corrected chi connectivity index (χ2v) is 5.95. The first-order chi connectivity index (χ1) is 13.1. The first-order valence-corrected chi connectivity index (χ1v) is 8.64. The average molecular weight is 386 g/mol. The van der Waals surface area contributed by atoms with E-state index in [0.29, 0.717) is 23.9 Å². The van der Waals surface area contributed by atoms with Gasteiger partial charge in [-0.2, -0.15) is 0 Å². The third-order valence-corrected chi connectivity index (χ3v) is 3.66. The fourth-order valence-electron chi connectivity index (χ4n) is 2.03. The summed E-state index contributed by atoms with van der Waals surface area (Å²) in [6, 6.07) is 14.3. The van der Waals surface area contributed by atoms with Crippen molar-refractivity contribution in [1.82, 2.24) is 5.32 Å². The van der Waals surface area contributed by atoms with E-state index < -0.39 is 5.97 Å². The largest absolute Gasteiger partial charge is 0.490 e. The van der Waals surface area contributed by atoms with Crippen molar-refractivity contribution < 1.29 is 19.1 Å². The topological polar surface area (TPSA) is 64.6 Å². The molecule has 1 amide bonds. The Morgan fingerprint density at radius 3 is 2.44 bits per heavy atom. The van der Waals surface area contributed by atoms with Gasteiger partial charge in [-0.25, -0.2) is 4.79 Å². The van der Waals surface area contributed by atoms with E-state index in [1.165, 1.54) is 6.08 Å². The average Bonchev–Trinajstić information content (AvgIpc) is 2.69. The number of nitrogens with one attached hydrogen (secondary N) is 1. The molecule has 0 aliphatic carbocycles. The minimum absolute atomic E-state index is 0.337. The summed E-state index contributed by atoms with van der Waals surface area (Å²) in [6.45, 7) is 4.01. The van der Waals surface area contributed by atoms with Gasteiger partial charge in [-0.15, -0.1) is 0 Å². The van der Waals surface area contributed by atoms with Crippen molar-refractivity contribution in [3.8, 4) is 5.75 Å². The Balaban J connectivity index is 1.71. The van der Waals surface area contributed by atoms with Crippen LogP contribution >= 0.6 is 11.6 Å². The number of hydrogen-bond acceptors (Lipinski definition) is 4. The zero-order valence-corrected chi connectivity index (χ0v) is 15.4. The molecule has 5 nitrogen and oxygen atoms in total. The summed E-state index contributed by atoms with van der Waals surface area (Å²) in [4.78, 5) is 23.4. The van der Waals surface area contributed by atoms with Gasteiger partial charge in [0.25, 0.3) is 5.91 Å². The first-order valence-electron chi connectivity index (χ1n) is 8.26. The maximum atomic E-state index is 11.7. The lowest BCUT2D eigenvalue weighted by molar-refractivity contribution is -0.143. The van der Waals surface area contributed by atoms with E-state index in [9.17, 15) is 9.59 Å². The number of rotatable bonds is 9. The van der Waals surface area contributed by atoms with Crippen molar-refractivity contribution in [2.24, 2.45) is 0 Å². The minimum Gasteiger partial charge on any atom is -0.490 e. The highest BCUT2D eigenvalue weighted by Gasteiger charge is 2.05. The molecule has 27 heavy (non-hydrogen) atoms. The smallest absolute Gasteiger partial charge is 0.331 e. The Morgan fingerprint density at radius 1 is 1.07 bits per heavy atom. The van der Waals surface area contributed by atoms with E-state index in [-0.39, 0.29) is 12.5 Å². The number of carbonyl (C=O) groups excluding carboxylic acids is 2. The molecule has 2 aromatic carbocycles. The number of carbonyl (C=O) groups is 2. The number of esters is 1. The lowest BCUT2D eigenvalue weighted by Crippen LogP contribution is -2.28. The quantitative estimate of drug-likeness (QED) is 0.405. The molecule has 0 spiro atoms. The Morgan fingerprint density at radius 2 is 1.78 bits per heavy atom. The number of ether oxygens (including phenoxy) is 2. The van der Waals surface area contributed by atoms with Crippen LogP contribution in [0.3, 0.4) is 0 Å². The number of amides is 1. The molecule has 1 N–H and O–H groups in total. The summed E-state index contributed by atoms with van der Waals surface area (Å²) in [5.74, 6) is -0.258. The molecule has 0 unspecified atom stereocenters. The van der Waals surface area contributed by atoms with Crippen molar-refractivity contribution in [2.75, 3.05) is 13.2 Å². The molecular formula is C21H20ClNO4. The second-order valence-electron chi connectivity index (χ2n) is 5.51. The molecule has 0 aromatic heterocycles. The summed E-state index contributed by atoms with van der Waals surface area (Å²) in [7, 11) is 0. The number of halogens is 1. The molecule has 2 aromatic rings. The third kappa shape index (κ3) is 7.79.